The summed E-state index contributed by atoms with van der Waals surface area (Å²) in [4.78, 5) is 0. The quantitative estimate of drug-likeness (QED) is 0.826. The molecule has 0 bridgehead atoms. The summed E-state index contributed by atoms with van der Waals surface area (Å²) in [6.07, 6.45) is 6.47. The van der Waals surface area contributed by atoms with Crippen LogP contribution in [0.4, 0.5) is 11.4 Å². The van der Waals surface area contributed by atoms with Crippen molar-refractivity contribution in [1.82, 2.24) is 5.16 Å². The molecule has 1 aliphatic carbocycles. The van der Waals surface area contributed by atoms with Gasteiger partial charge >= 0.3 is 0 Å². The number of aromatic nitrogens is 1. The number of rotatable bonds is 3. The maximum Gasteiger partial charge on any atom is 0.141 e. The van der Waals surface area contributed by atoms with Crippen LogP contribution in [0.2, 0.25) is 0 Å². The third-order valence-electron chi connectivity index (χ3n) is 4.34. The van der Waals surface area contributed by atoms with Crippen LogP contribution in [0, 0.1) is 13.8 Å². The van der Waals surface area contributed by atoms with Crippen molar-refractivity contribution >= 4 is 11.4 Å². The second-order valence-electron chi connectivity index (χ2n) is 5.98. The molecule has 0 spiro atoms. The molecule has 112 valence electrons. The zero-order chi connectivity index (χ0) is 14.8. The molecule has 2 aromatic rings. The highest BCUT2D eigenvalue weighted by molar-refractivity contribution is 5.77. The molecule has 21 heavy (non-hydrogen) atoms. The van der Waals surface area contributed by atoms with Gasteiger partial charge in [0.05, 0.1) is 17.1 Å². The van der Waals surface area contributed by atoms with Gasteiger partial charge in [-0.15, -0.1) is 0 Å². The van der Waals surface area contributed by atoms with Crippen molar-refractivity contribution < 1.29 is 4.52 Å². The first-order valence-corrected chi connectivity index (χ1v) is 7.74. The van der Waals surface area contributed by atoms with Crippen LogP contribution < -0.4 is 11.1 Å². The molecule has 0 radical (unpaired) electrons. The molecule has 0 aliphatic heterocycles. The molecule has 0 unspecified atom stereocenters. The van der Waals surface area contributed by atoms with E-state index in [2.05, 4.69) is 22.6 Å². The lowest BCUT2D eigenvalue weighted by Gasteiger charge is -2.24. The van der Waals surface area contributed by atoms with Crippen LogP contribution in [-0.2, 0) is 0 Å². The maximum atomic E-state index is 6.23. The molecule has 0 saturated heterocycles. The lowest BCUT2D eigenvalue weighted by molar-refractivity contribution is 0.393. The van der Waals surface area contributed by atoms with Crippen LogP contribution in [0.5, 0.6) is 0 Å². The molecule has 4 nitrogen and oxygen atoms in total. The van der Waals surface area contributed by atoms with Crippen molar-refractivity contribution in [1.29, 1.82) is 0 Å². The van der Waals surface area contributed by atoms with E-state index in [9.17, 15) is 0 Å². The van der Waals surface area contributed by atoms with Gasteiger partial charge in [0.1, 0.15) is 5.76 Å². The first-order chi connectivity index (χ1) is 10.1. The summed E-state index contributed by atoms with van der Waals surface area (Å²) >= 11 is 0. The van der Waals surface area contributed by atoms with Crippen LogP contribution in [0.3, 0.4) is 0 Å². The van der Waals surface area contributed by atoms with Gasteiger partial charge in [0, 0.05) is 11.6 Å². The fourth-order valence-electron chi connectivity index (χ4n) is 3.21. The summed E-state index contributed by atoms with van der Waals surface area (Å²) in [5, 5.41) is 7.59. The topological polar surface area (TPSA) is 64.1 Å². The highest BCUT2D eigenvalue weighted by Gasteiger charge is 2.16. The normalized spacial score (nSPS) is 16.1. The van der Waals surface area contributed by atoms with E-state index in [0.717, 1.165) is 34.0 Å². The second kappa shape index (κ2) is 5.80. The van der Waals surface area contributed by atoms with Crippen molar-refractivity contribution in [2.75, 3.05) is 11.1 Å². The molecular weight excluding hydrogens is 262 g/mol. The molecule has 3 rings (SSSR count). The molecule has 3 N–H and O–H groups in total. The third-order valence-corrected chi connectivity index (χ3v) is 4.34. The summed E-state index contributed by atoms with van der Waals surface area (Å²) in [6, 6.07) is 6.74. The van der Waals surface area contributed by atoms with Gasteiger partial charge in [0.2, 0.25) is 0 Å². The van der Waals surface area contributed by atoms with Gasteiger partial charge in [-0.25, -0.2) is 0 Å². The Kier molecular flexibility index (Phi) is 3.86. The minimum Gasteiger partial charge on any atom is -0.397 e. The number of benzene rings is 1. The van der Waals surface area contributed by atoms with E-state index in [1.54, 1.807) is 0 Å². The third kappa shape index (κ3) is 2.89. The van der Waals surface area contributed by atoms with Crippen molar-refractivity contribution in [2.45, 2.75) is 52.0 Å². The largest absolute Gasteiger partial charge is 0.397 e. The van der Waals surface area contributed by atoms with E-state index >= 15 is 0 Å². The smallest absolute Gasteiger partial charge is 0.141 e. The fourth-order valence-corrected chi connectivity index (χ4v) is 3.21. The number of nitrogen functional groups attached to an aromatic ring is 1. The number of aryl methyl sites for hydroxylation is 2. The molecule has 1 aromatic heterocycles. The van der Waals surface area contributed by atoms with Crippen LogP contribution in [0.1, 0.15) is 43.6 Å². The Balaban J connectivity index is 1.82. The van der Waals surface area contributed by atoms with E-state index in [1.807, 2.05) is 19.9 Å². The molecule has 1 saturated carbocycles. The highest BCUT2D eigenvalue weighted by atomic mass is 16.5. The van der Waals surface area contributed by atoms with E-state index in [-0.39, 0.29) is 0 Å². The number of hydrogen-bond donors (Lipinski definition) is 2. The summed E-state index contributed by atoms with van der Waals surface area (Å²) < 4.78 is 5.23. The van der Waals surface area contributed by atoms with Crippen molar-refractivity contribution in [3.8, 4) is 11.1 Å². The van der Waals surface area contributed by atoms with Crippen LogP contribution in [0.15, 0.2) is 22.7 Å². The number of nitrogens with two attached hydrogens (primary N) is 1. The lowest BCUT2D eigenvalue weighted by atomic mass is 9.95. The predicted molar refractivity (Wildman–Crippen MR) is 86.3 cm³/mol. The Morgan fingerprint density at radius 3 is 2.57 bits per heavy atom. The minimum atomic E-state index is 0.561. The molecular formula is C17H23N3O. The van der Waals surface area contributed by atoms with Crippen LogP contribution >= 0.6 is 0 Å². The monoisotopic (exact) mass is 285 g/mol. The molecule has 1 heterocycles. The Hall–Kier alpha value is -1.97. The van der Waals surface area contributed by atoms with Gasteiger partial charge in [-0.1, -0.05) is 30.5 Å². The van der Waals surface area contributed by atoms with Crippen LogP contribution in [0.25, 0.3) is 11.1 Å². The molecule has 1 fully saturated rings. The summed E-state index contributed by atoms with van der Waals surface area (Å²) in [5.74, 6) is 0.833. The summed E-state index contributed by atoms with van der Waals surface area (Å²) in [6.45, 7) is 3.88. The van der Waals surface area contributed by atoms with E-state index < -0.39 is 0 Å². The molecule has 0 atom stereocenters. The Bertz CT molecular complexity index is 607. The van der Waals surface area contributed by atoms with Gasteiger partial charge in [0.15, 0.2) is 0 Å². The van der Waals surface area contributed by atoms with Crippen LogP contribution in [-0.4, -0.2) is 11.2 Å². The lowest BCUT2D eigenvalue weighted by Crippen LogP contribution is -2.22. The Morgan fingerprint density at radius 1 is 1.19 bits per heavy atom. The van der Waals surface area contributed by atoms with Gasteiger partial charge in [-0.05, 0) is 44.4 Å². The second-order valence-corrected chi connectivity index (χ2v) is 5.98. The predicted octanol–water partition coefficient (Wildman–Crippen LogP) is 4.29. The van der Waals surface area contributed by atoms with E-state index in [0.29, 0.717) is 6.04 Å². The Morgan fingerprint density at radius 2 is 1.95 bits per heavy atom. The van der Waals surface area contributed by atoms with Gasteiger partial charge in [-0.2, -0.15) is 0 Å². The molecule has 1 aromatic carbocycles. The standard InChI is InChI=1S/C17H23N3O/c1-11-17(12(2)21-20-11)13-8-9-16(15(18)10-13)19-14-6-4-3-5-7-14/h8-10,14,19H,3-7,18H2,1-2H3. The first kappa shape index (κ1) is 14.0. The van der Waals surface area contributed by atoms with E-state index in [1.165, 1.54) is 32.1 Å². The average molecular weight is 285 g/mol. The number of hydrogen-bond acceptors (Lipinski definition) is 4. The van der Waals surface area contributed by atoms with Gasteiger partial charge in [-0.3, -0.25) is 0 Å². The van der Waals surface area contributed by atoms with Crippen molar-refractivity contribution in [3.63, 3.8) is 0 Å². The molecule has 4 heteroatoms. The number of nitrogens with zero attached hydrogens (tertiary/aromatic N) is 1. The Labute approximate surface area is 125 Å². The molecule has 1 aliphatic rings. The SMILES string of the molecule is Cc1noc(C)c1-c1ccc(NC2CCCCC2)c(N)c1. The zero-order valence-electron chi connectivity index (χ0n) is 12.8. The van der Waals surface area contributed by atoms with E-state index in [4.69, 9.17) is 10.3 Å². The average Bonchev–Trinajstić information content (AvgIpc) is 2.82. The zero-order valence-corrected chi connectivity index (χ0v) is 12.8. The van der Waals surface area contributed by atoms with Crippen molar-refractivity contribution in [2.24, 2.45) is 0 Å². The number of anilines is 2. The number of nitrogens with one attached hydrogen (secondary N) is 1. The van der Waals surface area contributed by atoms with Gasteiger partial charge in [0.25, 0.3) is 0 Å². The highest BCUT2D eigenvalue weighted by Crippen LogP contribution is 2.32. The minimum absolute atomic E-state index is 0.561. The molecule has 0 amide bonds. The summed E-state index contributed by atoms with van der Waals surface area (Å²) in [5.41, 5.74) is 11.1. The summed E-state index contributed by atoms with van der Waals surface area (Å²) in [7, 11) is 0. The van der Waals surface area contributed by atoms with Gasteiger partial charge < -0.3 is 15.6 Å². The first-order valence-electron chi connectivity index (χ1n) is 7.74. The maximum absolute atomic E-state index is 6.23. The van der Waals surface area contributed by atoms with Crippen molar-refractivity contribution in [3.05, 3.63) is 29.7 Å². The fraction of sp³-hybridized carbons (Fsp3) is 0.471.